The van der Waals surface area contributed by atoms with Gasteiger partial charge < -0.3 is 15.0 Å². The molecule has 0 saturated carbocycles. The van der Waals surface area contributed by atoms with Gasteiger partial charge in [-0.05, 0) is 31.5 Å². The minimum atomic E-state index is -0.281. The Morgan fingerprint density at radius 1 is 1.33 bits per heavy atom. The van der Waals surface area contributed by atoms with Crippen LogP contribution in [0.2, 0.25) is 0 Å². The van der Waals surface area contributed by atoms with Crippen LogP contribution in [0.4, 0.5) is 5.69 Å². The molecule has 0 fully saturated rings. The summed E-state index contributed by atoms with van der Waals surface area (Å²) in [4.78, 5) is 29.0. The molecule has 0 aliphatic carbocycles. The van der Waals surface area contributed by atoms with Crippen LogP contribution >= 0.6 is 0 Å². The average Bonchev–Trinajstić information content (AvgIpc) is 2.74. The Morgan fingerprint density at radius 3 is 2.96 bits per heavy atom. The SMILES string of the molecule is Cc1cc(NC(=O)CN2CCOc3ccccc3C2)c(=O)[nH]c1C. The number of hydrogen-bond donors (Lipinski definition) is 2. The molecular weight excluding hydrogens is 306 g/mol. The summed E-state index contributed by atoms with van der Waals surface area (Å²) in [6.45, 7) is 5.78. The molecule has 0 saturated heterocycles. The first-order chi connectivity index (χ1) is 11.5. The van der Waals surface area contributed by atoms with Gasteiger partial charge in [-0.2, -0.15) is 0 Å². The number of carbonyl (C=O) groups is 1. The van der Waals surface area contributed by atoms with Crippen molar-refractivity contribution >= 4 is 11.6 Å². The van der Waals surface area contributed by atoms with Crippen LogP contribution in [0.1, 0.15) is 16.8 Å². The lowest BCUT2D eigenvalue weighted by atomic mass is 10.2. The molecule has 2 N–H and O–H groups in total. The summed E-state index contributed by atoms with van der Waals surface area (Å²) in [5.74, 6) is 0.661. The summed E-state index contributed by atoms with van der Waals surface area (Å²) in [5, 5.41) is 2.70. The van der Waals surface area contributed by atoms with Gasteiger partial charge in [-0.15, -0.1) is 0 Å². The highest BCUT2D eigenvalue weighted by atomic mass is 16.5. The van der Waals surface area contributed by atoms with Crippen molar-refractivity contribution in [1.82, 2.24) is 9.88 Å². The third-order valence-electron chi connectivity index (χ3n) is 4.17. The number of H-pyrrole nitrogens is 1. The molecule has 1 amide bonds. The lowest BCUT2D eigenvalue weighted by Gasteiger charge is -2.18. The Hall–Kier alpha value is -2.60. The molecule has 6 nitrogen and oxygen atoms in total. The van der Waals surface area contributed by atoms with Gasteiger partial charge in [0, 0.05) is 24.3 Å². The van der Waals surface area contributed by atoms with Crippen molar-refractivity contribution in [2.45, 2.75) is 20.4 Å². The van der Waals surface area contributed by atoms with E-state index < -0.39 is 0 Å². The highest BCUT2D eigenvalue weighted by Gasteiger charge is 2.18. The molecule has 0 bridgehead atoms. The standard InChI is InChI=1S/C18H21N3O3/c1-12-9-15(18(23)19-13(12)2)20-17(22)11-21-7-8-24-16-6-4-3-5-14(16)10-21/h3-6,9H,7-8,10-11H2,1-2H3,(H,19,23)(H,20,22). The Bertz CT molecular complexity index is 813. The lowest BCUT2D eigenvalue weighted by molar-refractivity contribution is -0.117. The van der Waals surface area contributed by atoms with E-state index in [2.05, 4.69) is 10.3 Å². The van der Waals surface area contributed by atoms with E-state index in [1.807, 2.05) is 43.0 Å². The maximum atomic E-state index is 12.3. The van der Waals surface area contributed by atoms with Crippen LogP contribution in [-0.4, -0.2) is 35.5 Å². The Labute approximate surface area is 140 Å². The molecule has 24 heavy (non-hydrogen) atoms. The normalized spacial score (nSPS) is 14.4. The van der Waals surface area contributed by atoms with Crippen LogP contribution < -0.4 is 15.6 Å². The Kier molecular flexibility index (Phi) is 4.66. The minimum absolute atomic E-state index is 0.205. The zero-order valence-electron chi connectivity index (χ0n) is 13.9. The van der Waals surface area contributed by atoms with Gasteiger partial charge in [-0.3, -0.25) is 14.5 Å². The van der Waals surface area contributed by atoms with Gasteiger partial charge in [-0.25, -0.2) is 0 Å². The second-order valence-electron chi connectivity index (χ2n) is 6.04. The molecule has 0 spiro atoms. The number of para-hydroxylation sites is 1. The number of benzene rings is 1. The predicted octanol–water partition coefficient (Wildman–Crippen LogP) is 1.82. The number of nitrogens with one attached hydrogen (secondary N) is 2. The zero-order chi connectivity index (χ0) is 17.1. The first kappa shape index (κ1) is 16.3. The van der Waals surface area contributed by atoms with Crippen LogP contribution in [0.25, 0.3) is 0 Å². The number of rotatable bonds is 3. The van der Waals surface area contributed by atoms with E-state index in [9.17, 15) is 9.59 Å². The number of aromatic nitrogens is 1. The topological polar surface area (TPSA) is 74.4 Å². The summed E-state index contributed by atoms with van der Waals surface area (Å²) in [7, 11) is 0. The largest absolute Gasteiger partial charge is 0.492 e. The van der Waals surface area contributed by atoms with Gasteiger partial charge in [0.25, 0.3) is 5.56 Å². The van der Waals surface area contributed by atoms with Crippen molar-refractivity contribution in [1.29, 1.82) is 0 Å². The number of aryl methyl sites for hydroxylation is 2. The van der Waals surface area contributed by atoms with Crippen molar-refractivity contribution in [3.8, 4) is 5.75 Å². The molecule has 1 aliphatic rings. The summed E-state index contributed by atoms with van der Waals surface area (Å²) in [6, 6.07) is 9.54. The van der Waals surface area contributed by atoms with Crippen molar-refractivity contribution in [3.63, 3.8) is 0 Å². The highest BCUT2D eigenvalue weighted by molar-refractivity contribution is 5.92. The van der Waals surface area contributed by atoms with E-state index in [0.29, 0.717) is 19.7 Å². The van der Waals surface area contributed by atoms with E-state index in [1.54, 1.807) is 6.07 Å². The van der Waals surface area contributed by atoms with E-state index in [-0.39, 0.29) is 23.7 Å². The molecule has 1 aromatic carbocycles. The van der Waals surface area contributed by atoms with E-state index in [4.69, 9.17) is 4.74 Å². The molecule has 1 aromatic heterocycles. The van der Waals surface area contributed by atoms with Gasteiger partial charge in [0.05, 0.1) is 6.54 Å². The van der Waals surface area contributed by atoms with Gasteiger partial charge in [0.1, 0.15) is 18.0 Å². The van der Waals surface area contributed by atoms with Crippen LogP contribution in [0.5, 0.6) is 5.75 Å². The first-order valence-corrected chi connectivity index (χ1v) is 7.96. The van der Waals surface area contributed by atoms with E-state index >= 15 is 0 Å². The summed E-state index contributed by atoms with van der Waals surface area (Å²) >= 11 is 0. The summed E-state index contributed by atoms with van der Waals surface area (Å²) < 4.78 is 5.70. The maximum Gasteiger partial charge on any atom is 0.271 e. The van der Waals surface area contributed by atoms with Crippen molar-refractivity contribution in [2.75, 3.05) is 25.0 Å². The minimum Gasteiger partial charge on any atom is -0.492 e. The fourth-order valence-corrected chi connectivity index (χ4v) is 2.73. The zero-order valence-corrected chi connectivity index (χ0v) is 13.9. The molecule has 1 aliphatic heterocycles. The molecule has 3 rings (SSSR count). The van der Waals surface area contributed by atoms with Gasteiger partial charge in [-0.1, -0.05) is 18.2 Å². The lowest BCUT2D eigenvalue weighted by Crippen LogP contribution is -2.35. The fourth-order valence-electron chi connectivity index (χ4n) is 2.73. The first-order valence-electron chi connectivity index (χ1n) is 7.96. The van der Waals surface area contributed by atoms with Crippen LogP contribution in [0.15, 0.2) is 35.1 Å². The quantitative estimate of drug-likeness (QED) is 0.902. The molecule has 2 aromatic rings. The monoisotopic (exact) mass is 327 g/mol. The van der Waals surface area contributed by atoms with Crippen LogP contribution in [0.3, 0.4) is 0 Å². The third kappa shape index (κ3) is 3.65. The third-order valence-corrected chi connectivity index (χ3v) is 4.17. The number of anilines is 1. The Balaban J connectivity index is 1.67. The smallest absolute Gasteiger partial charge is 0.271 e. The van der Waals surface area contributed by atoms with E-state index in [0.717, 1.165) is 22.6 Å². The molecule has 2 heterocycles. The van der Waals surface area contributed by atoms with Gasteiger partial charge >= 0.3 is 0 Å². The van der Waals surface area contributed by atoms with Crippen LogP contribution in [-0.2, 0) is 11.3 Å². The maximum absolute atomic E-state index is 12.3. The number of ether oxygens (including phenoxy) is 1. The molecule has 6 heteroatoms. The molecular formula is C18H21N3O3. The highest BCUT2D eigenvalue weighted by Crippen LogP contribution is 2.22. The van der Waals surface area contributed by atoms with Gasteiger partial charge in [0.15, 0.2) is 0 Å². The van der Waals surface area contributed by atoms with Crippen molar-refractivity contribution < 1.29 is 9.53 Å². The number of pyridine rings is 1. The van der Waals surface area contributed by atoms with Crippen molar-refractivity contribution in [2.24, 2.45) is 0 Å². The van der Waals surface area contributed by atoms with E-state index in [1.165, 1.54) is 0 Å². The number of amides is 1. The Morgan fingerprint density at radius 2 is 2.12 bits per heavy atom. The predicted molar refractivity (Wildman–Crippen MR) is 92.4 cm³/mol. The molecule has 0 radical (unpaired) electrons. The summed E-state index contributed by atoms with van der Waals surface area (Å²) in [6.07, 6.45) is 0. The number of carbonyl (C=O) groups excluding carboxylic acids is 1. The molecule has 0 unspecified atom stereocenters. The number of aromatic amines is 1. The fraction of sp³-hybridized carbons (Fsp3) is 0.333. The number of hydrogen-bond acceptors (Lipinski definition) is 4. The van der Waals surface area contributed by atoms with Crippen molar-refractivity contribution in [3.05, 3.63) is 57.5 Å². The van der Waals surface area contributed by atoms with Gasteiger partial charge in [0.2, 0.25) is 5.91 Å². The second-order valence-corrected chi connectivity index (χ2v) is 6.04. The molecule has 0 atom stereocenters. The summed E-state index contributed by atoms with van der Waals surface area (Å²) in [5.41, 5.74) is 2.80. The molecule has 126 valence electrons. The number of fused-ring (bicyclic) bond motifs is 1. The second kappa shape index (κ2) is 6.88. The number of nitrogens with zero attached hydrogens (tertiary/aromatic N) is 1. The average molecular weight is 327 g/mol. The van der Waals surface area contributed by atoms with Crippen LogP contribution in [0, 0.1) is 13.8 Å².